The summed E-state index contributed by atoms with van der Waals surface area (Å²) in [6.45, 7) is 3.10. The van der Waals surface area contributed by atoms with Crippen LogP contribution in [-0.2, 0) is 33.3 Å². The summed E-state index contributed by atoms with van der Waals surface area (Å²) in [5, 5.41) is 55.6. The Kier molecular flexibility index (Phi) is 15.9. The number of nitrogens with two attached hydrogens (primary N) is 5. The number of aliphatic hydroxyl groups is 4. The van der Waals surface area contributed by atoms with Gasteiger partial charge >= 0.3 is 0 Å². The van der Waals surface area contributed by atoms with E-state index < -0.39 is 78.8 Å². The fraction of sp³-hybridized carbons (Fsp3) is 0.857. The number of carbonyl (C=O) groups is 1. The molecule has 2 fully saturated rings. The summed E-state index contributed by atoms with van der Waals surface area (Å²) >= 11 is 0. The van der Waals surface area contributed by atoms with Crippen LogP contribution in [-0.4, -0.2) is 158 Å². The molecule has 2 aliphatic heterocycles. The third-order valence-electron chi connectivity index (χ3n) is 8.26. The minimum absolute atomic E-state index is 0.0120. The molecule has 0 spiro atoms. The zero-order valence-electron chi connectivity index (χ0n) is 27.5. The van der Waals surface area contributed by atoms with Gasteiger partial charge in [0.05, 0.1) is 44.5 Å². The third-order valence-corrected chi connectivity index (χ3v) is 8.26. The van der Waals surface area contributed by atoms with Crippen LogP contribution in [0.4, 0.5) is 0 Å². The van der Waals surface area contributed by atoms with E-state index >= 15 is 0 Å². The maximum absolute atomic E-state index is 12.8. The van der Waals surface area contributed by atoms with Crippen LogP contribution in [0.2, 0.25) is 0 Å². The van der Waals surface area contributed by atoms with E-state index in [4.69, 9.17) is 57.2 Å². The van der Waals surface area contributed by atoms with Gasteiger partial charge in [-0.2, -0.15) is 0 Å². The Bertz CT molecular complexity index is 1050. The minimum atomic E-state index is -1.48. The average Bonchev–Trinajstić information content (AvgIpc) is 3.02. The Morgan fingerprint density at radius 3 is 2.54 bits per heavy atom. The van der Waals surface area contributed by atoms with Crippen molar-refractivity contribution in [2.24, 2.45) is 33.8 Å². The average molecular weight is 694 g/mol. The molecule has 0 aromatic rings. The summed E-state index contributed by atoms with van der Waals surface area (Å²) in [6.07, 6.45) is -6.54. The quantitative estimate of drug-likeness (QED) is 0.0275. The summed E-state index contributed by atoms with van der Waals surface area (Å²) in [5.74, 6) is -0.344. The van der Waals surface area contributed by atoms with Crippen molar-refractivity contribution in [1.29, 1.82) is 0 Å². The van der Waals surface area contributed by atoms with Crippen LogP contribution in [0, 0.1) is 0 Å². The second kappa shape index (κ2) is 19.1. The van der Waals surface area contributed by atoms with Gasteiger partial charge in [0, 0.05) is 12.6 Å². The number of hydrogen-bond acceptors (Lipinski definition) is 17. The van der Waals surface area contributed by atoms with Crippen molar-refractivity contribution in [2.75, 3.05) is 53.1 Å². The van der Waals surface area contributed by atoms with Crippen LogP contribution in [0.5, 0.6) is 0 Å². The van der Waals surface area contributed by atoms with E-state index in [1.165, 1.54) is 6.92 Å². The first kappa shape index (κ1) is 40.0. The number of nitrogens with one attached hydrogen (secondary N) is 3. The molecule has 0 bridgehead atoms. The molecular weight excluding hydrogens is 638 g/mol. The molecule has 278 valence electrons. The van der Waals surface area contributed by atoms with Gasteiger partial charge in [0.2, 0.25) is 18.2 Å². The molecule has 3 rings (SSSR count). The number of oxime groups is 1. The van der Waals surface area contributed by atoms with Crippen LogP contribution in [0.25, 0.3) is 0 Å². The molecule has 3 aliphatic rings. The molecule has 20 nitrogen and oxygen atoms in total. The lowest BCUT2D eigenvalue weighted by Crippen LogP contribution is -2.69. The molecule has 0 aromatic carbocycles. The molecule has 20 heteroatoms. The second-order valence-corrected chi connectivity index (χ2v) is 12.3. The number of guanidine groups is 1. The van der Waals surface area contributed by atoms with E-state index in [1.54, 1.807) is 7.05 Å². The normalized spacial score (nSPS) is 36.0. The van der Waals surface area contributed by atoms with Gasteiger partial charge < -0.3 is 93.6 Å². The Balaban J connectivity index is 1.63. The first-order valence-electron chi connectivity index (χ1n) is 16.0. The van der Waals surface area contributed by atoms with Gasteiger partial charge in [-0.25, -0.2) is 0 Å². The van der Waals surface area contributed by atoms with E-state index in [9.17, 15) is 25.2 Å². The summed E-state index contributed by atoms with van der Waals surface area (Å²) in [6, 6.07) is -3.19. The van der Waals surface area contributed by atoms with Gasteiger partial charge in [-0.05, 0) is 51.0 Å². The van der Waals surface area contributed by atoms with Crippen LogP contribution in [0.3, 0.4) is 0 Å². The molecule has 1 amide bonds. The fourth-order valence-corrected chi connectivity index (χ4v) is 5.76. The second-order valence-electron chi connectivity index (χ2n) is 12.3. The van der Waals surface area contributed by atoms with Crippen molar-refractivity contribution < 1.29 is 53.7 Å². The van der Waals surface area contributed by atoms with Crippen LogP contribution in [0.1, 0.15) is 26.2 Å². The molecular formula is C28H55N9O11. The molecule has 2 heterocycles. The summed E-state index contributed by atoms with van der Waals surface area (Å²) in [5.41, 5.74) is 27.2. The van der Waals surface area contributed by atoms with Gasteiger partial charge in [-0.3, -0.25) is 4.79 Å². The molecule has 0 aromatic heterocycles. The molecule has 12 atom stereocenters. The lowest BCUT2D eigenvalue weighted by molar-refractivity contribution is -0.304. The molecule has 17 N–H and O–H groups in total. The van der Waals surface area contributed by atoms with Crippen LogP contribution >= 0.6 is 0 Å². The first-order chi connectivity index (χ1) is 22.8. The number of ether oxygens (including phenoxy) is 5. The smallest absolute Gasteiger partial charge is 0.249 e. The highest BCUT2D eigenvalue weighted by atomic mass is 16.7. The topological polar surface area (TPSA) is 332 Å². The maximum atomic E-state index is 12.8. The summed E-state index contributed by atoms with van der Waals surface area (Å²) in [4.78, 5) is 17.6. The van der Waals surface area contributed by atoms with Crippen molar-refractivity contribution in [2.45, 2.75) is 99.1 Å². The number of likely N-dealkylation sites (N-methyl/N-ethyl adjacent to an activating group) is 1. The van der Waals surface area contributed by atoms with Crippen molar-refractivity contribution in [3.63, 3.8) is 0 Å². The molecule has 48 heavy (non-hydrogen) atoms. The van der Waals surface area contributed by atoms with Crippen molar-refractivity contribution in [3.8, 4) is 0 Å². The van der Waals surface area contributed by atoms with Gasteiger partial charge in [0.15, 0.2) is 6.29 Å². The number of hydrogen-bond donors (Lipinski definition) is 12. The van der Waals surface area contributed by atoms with Crippen molar-refractivity contribution in [1.82, 2.24) is 16.0 Å². The number of nitrogens with zero attached hydrogens (tertiary/aromatic N) is 1. The predicted molar refractivity (Wildman–Crippen MR) is 170 cm³/mol. The zero-order chi connectivity index (χ0) is 35.4. The molecule has 1 aliphatic carbocycles. The highest BCUT2D eigenvalue weighted by molar-refractivity contribution is 5.80. The monoisotopic (exact) mass is 693 g/mol. The first-order valence-corrected chi connectivity index (χ1v) is 16.0. The zero-order valence-corrected chi connectivity index (χ0v) is 27.5. The fourth-order valence-electron chi connectivity index (χ4n) is 5.76. The third kappa shape index (κ3) is 11.3. The Labute approximate surface area is 279 Å². The standard InChI is InChI=1S/C28H55N9O11/c1-28(42)13-44-26(20(40)23(28)34-2)48-22-17(36-24(41)18(38)5-6-29)11-16(31)21(19(22)39)47-25-15(30)4-3-14(46-25)12-35-7-8-43-9-10-45-37-27(32)33/h3,15-23,25-26,34-35,38-40,42H,4-13,29-31H2,1-2H3,(H,36,41)(H4,32,33,37)/t15-,16+,17-,18+,19+,20-,21-,22+,23-,25-,26-,28+/m1/s1. The van der Waals surface area contributed by atoms with Crippen LogP contribution < -0.4 is 44.6 Å². The van der Waals surface area contributed by atoms with Gasteiger partial charge in [-0.15, -0.1) is 0 Å². The largest absolute Gasteiger partial charge is 0.467 e. The summed E-state index contributed by atoms with van der Waals surface area (Å²) < 4.78 is 29.4. The molecule has 0 radical (unpaired) electrons. The number of amides is 1. The number of carbonyl (C=O) groups excluding carboxylic acids is 1. The van der Waals surface area contributed by atoms with E-state index in [0.29, 0.717) is 38.5 Å². The van der Waals surface area contributed by atoms with E-state index in [1.807, 2.05) is 6.08 Å². The Morgan fingerprint density at radius 2 is 1.85 bits per heavy atom. The van der Waals surface area contributed by atoms with Gasteiger partial charge in [-0.1, -0.05) is 0 Å². The van der Waals surface area contributed by atoms with E-state index in [-0.39, 0.29) is 38.6 Å². The minimum Gasteiger partial charge on any atom is -0.467 e. The summed E-state index contributed by atoms with van der Waals surface area (Å²) in [7, 11) is 1.57. The highest BCUT2D eigenvalue weighted by Gasteiger charge is 2.52. The Hall–Kier alpha value is -2.44. The van der Waals surface area contributed by atoms with Crippen molar-refractivity contribution >= 4 is 11.9 Å². The lowest BCUT2D eigenvalue weighted by atomic mass is 9.83. The molecule has 1 saturated carbocycles. The van der Waals surface area contributed by atoms with E-state index in [0.717, 1.165) is 0 Å². The molecule has 1 saturated heterocycles. The SMILES string of the molecule is CN[C@@H]1[C@@H](O)[C@@H](O[C@@H]2[C@@H](O)[C@H](O[C@H]3OC(CNCCOCCON=C(N)N)=CC[C@H]3N)[C@@H](N)C[C@H]2NC(=O)[C@@H](O)CCN)OC[C@]1(C)O. The number of rotatable bonds is 18. The van der Waals surface area contributed by atoms with Crippen molar-refractivity contribution in [3.05, 3.63) is 11.8 Å². The van der Waals surface area contributed by atoms with E-state index in [2.05, 4.69) is 21.1 Å². The number of aliphatic hydroxyl groups excluding tert-OH is 3. The van der Waals surface area contributed by atoms with Crippen LogP contribution in [0.15, 0.2) is 17.0 Å². The highest BCUT2D eigenvalue weighted by Crippen LogP contribution is 2.32. The lowest BCUT2D eigenvalue weighted by Gasteiger charge is -2.48. The Morgan fingerprint density at radius 1 is 1.12 bits per heavy atom. The van der Waals surface area contributed by atoms with Gasteiger partial charge in [0.25, 0.3) is 0 Å². The van der Waals surface area contributed by atoms with Gasteiger partial charge in [0.1, 0.15) is 48.5 Å². The molecule has 0 unspecified atom stereocenters. The predicted octanol–water partition coefficient (Wildman–Crippen LogP) is -6.13. The maximum Gasteiger partial charge on any atom is 0.249 e.